The number of fused-ring (bicyclic) bond motifs is 1. The Hall–Kier alpha value is -0.0677. The van der Waals surface area contributed by atoms with Gasteiger partial charge in [0.1, 0.15) is 0 Å². The van der Waals surface area contributed by atoms with Crippen LogP contribution in [-0.2, 0) is 25.3 Å². The van der Waals surface area contributed by atoms with Crippen LogP contribution in [0.15, 0.2) is 24.3 Å². The van der Waals surface area contributed by atoms with Crippen molar-refractivity contribution >= 4 is 30.1 Å². The van der Waals surface area contributed by atoms with E-state index in [1.807, 2.05) is 0 Å². The molecular formula is C23H38Cl2N2Pd-2. The van der Waals surface area contributed by atoms with E-state index < -0.39 is 14.3 Å². The Balaban J connectivity index is 2.96. The van der Waals surface area contributed by atoms with E-state index in [9.17, 15) is 0 Å². The number of para-hydroxylation sites is 2. The second-order valence-corrected chi connectivity index (χ2v) is 16.7. The number of nitrogens with zero attached hydrogens (tertiary/aromatic N) is 2. The van der Waals surface area contributed by atoms with Crippen LogP contribution >= 0.6 is 19.1 Å². The summed E-state index contributed by atoms with van der Waals surface area (Å²) in [5.74, 6) is 0. The van der Waals surface area contributed by atoms with Gasteiger partial charge in [0.05, 0.1) is 0 Å². The summed E-state index contributed by atoms with van der Waals surface area (Å²) in [6, 6.07) is 8.67. The van der Waals surface area contributed by atoms with Gasteiger partial charge in [-0.1, -0.05) is 0 Å². The Morgan fingerprint density at radius 2 is 1.00 bits per heavy atom. The molecule has 0 saturated heterocycles. The Morgan fingerprint density at radius 1 is 0.679 bits per heavy atom. The summed E-state index contributed by atoms with van der Waals surface area (Å²) in [7, 11) is 13.6. The minimum atomic E-state index is -1.90. The summed E-state index contributed by atoms with van der Waals surface area (Å²) in [6.07, 6.45) is 2.08. The molecule has 0 radical (unpaired) electrons. The Morgan fingerprint density at radius 3 is 1.25 bits per heavy atom. The van der Waals surface area contributed by atoms with E-state index in [0.717, 1.165) is 16.7 Å². The number of rotatable bonds is 4. The molecule has 2 nitrogen and oxygen atoms in total. The van der Waals surface area contributed by atoms with Gasteiger partial charge in [-0.05, 0) is 0 Å². The first-order chi connectivity index (χ1) is 12.5. The van der Waals surface area contributed by atoms with Gasteiger partial charge in [-0.3, -0.25) is 0 Å². The van der Waals surface area contributed by atoms with Crippen LogP contribution in [0.25, 0.3) is 11.0 Å². The molecule has 166 valence electrons. The van der Waals surface area contributed by atoms with Crippen molar-refractivity contribution in [2.45, 2.75) is 93.2 Å². The van der Waals surface area contributed by atoms with Crippen molar-refractivity contribution < 1.29 is 14.3 Å². The second-order valence-electron chi connectivity index (χ2n) is 11.7. The van der Waals surface area contributed by atoms with Crippen LogP contribution < -0.4 is 0 Å². The summed E-state index contributed by atoms with van der Waals surface area (Å²) in [6.45, 7) is 23.0. The van der Waals surface area contributed by atoms with Crippen LogP contribution in [0.3, 0.4) is 0 Å². The molecule has 0 fully saturated rings. The molecule has 0 amide bonds. The number of hydrogen-bond acceptors (Lipinski definition) is 0. The van der Waals surface area contributed by atoms with Gasteiger partial charge < -0.3 is 0 Å². The zero-order valence-electron chi connectivity index (χ0n) is 19.2. The molecule has 1 aromatic heterocycles. The zero-order chi connectivity index (χ0) is 21.7. The third-order valence-electron chi connectivity index (χ3n) is 4.95. The maximum absolute atomic E-state index is 6.78. The standard InChI is InChI=1S/C23H38N2.2ClH.Pd/c1-20(2,3)15-22(7,8)24-17-25(19-14-12-11-13-18(19)24)23(9,10)16-21(4,5)6;;;/h11-14H,15-16H2,1-10H3;2*1H;/p-2. The van der Waals surface area contributed by atoms with E-state index in [1.54, 1.807) is 0 Å². The molecule has 1 aromatic carbocycles. The summed E-state index contributed by atoms with van der Waals surface area (Å²) in [5, 5.41) is 0. The molecule has 0 aliphatic carbocycles. The molecule has 0 spiro atoms. The van der Waals surface area contributed by atoms with Gasteiger partial charge >= 0.3 is 186 Å². The second kappa shape index (κ2) is 7.88. The van der Waals surface area contributed by atoms with Crippen LogP contribution in [0.5, 0.6) is 0 Å². The summed E-state index contributed by atoms with van der Waals surface area (Å²) in [5.41, 5.74) is 2.65. The van der Waals surface area contributed by atoms with E-state index in [0.29, 0.717) is 0 Å². The molecule has 0 aliphatic heterocycles. The predicted octanol–water partition coefficient (Wildman–Crippen LogP) is 8.24. The van der Waals surface area contributed by atoms with Crippen molar-refractivity contribution in [2.75, 3.05) is 0 Å². The molecule has 5 heteroatoms. The molecular weight excluding hydrogens is 482 g/mol. The third-order valence-corrected chi connectivity index (χ3v) is 7.43. The fourth-order valence-corrected chi connectivity index (χ4v) is 8.21. The van der Waals surface area contributed by atoms with Gasteiger partial charge in [0.2, 0.25) is 0 Å². The molecule has 28 heavy (non-hydrogen) atoms. The van der Waals surface area contributed by atoms with E-state index in [1.165, 1.54) is 11.0 Å². The summed E-state index contributed by atoms with van der Waals surface area (Å²) in [4.78, 5) is 0. The van der Waals surface area contributed by atoms with Crippen LogP contribution in [0.4, 0.5) is 0 Å². The molecule has 2 aromatic rings. The monoisotopic (exact) mass is 518 g/mol. The quantitative estimate of drug-likeness (QED) is 0.360. The van der Waals surface area contributed by atoms with Crippen LogP contribution in [-0.4, -0.2) is 9.13 Å². The third kappa shape index (κ3) is 5.34. The van der Waals surface area contributed by atoms with E-state index in [4.69, 9.17) is 19.1 Å². The first-order valence-corrected chi connectivity index (χ1v) is 14.8. The van der Waals surface area contributed by atoms with Gasteiger partial charge in [0.25, 0.3) is 0 Å². The minimum absolute atomic E-state index is 0.0975. The Bertz CT molecular complexity index is 847. The molecule has 0 N–H and O–H groups in total. The first-order valence-electron chi connectivity index (χ1n) is 9.98. The Kier molecular flexibility index (Phi) is 6.81. The van der Waals surface area contributed by atoms with Crippen molar-refractivity contribution in [1.29, 1.82) is 0 Å². The van der Waals surface area contributed by atoms with Gasteiger partial charge in [0.15, 0.2) is 0 Å². The molecule has 0 atom stereocenters. The zero-order valence-corrected chi connectivity index (χ0v) is 22.3. The number of aromatic nitrogens is 2. The average molecular weight is 520 g/mol. The summed E-state index contributed by atoms with van der Waals surface area (Å²) >= 11 is -1.90. The molecule has 0 saturated carbocycles. The van der Waals surface area contributed by atoms with Crippen LogP contribution in [0, 0.1) is 14.7 Å². The maximum atomic E-state index is 6.78. The fraction of sp³-hybridized carbons (Fsp3) is 0.696. The van der Waals surface area contributed by atoms with Crippen molar-refractivity contribution in [2.24, 2.45) is 10.8 Å². The van der Waals surface area contributed by atoms with Crippen LogP contribution in [0.1, 0.15) is 82.1 Å². The van der Waals surface area contributed by atoms with Gasteiger partial charge in [0, 0.05) is 0 Å². The van der Waals surface area contributed by atoms with Crippen molar-refractivity contribution in [3.05, 3.63) is 28.2 Å². The number of imidazole rings is 1. The number of benzene rings is 1. The SMILES string of the molecule is CC(C)(C)CC(C)(C)n1[c](=[Pd-2]([Cl])[Cl])n(C(C)(C)CC(C)(C)C)c2ccccc21. The van der Waals surface area contributed by atoms with Crippen LogP contribution in [0.2, 0.25) is 0 Å². The Labute approximate surface area is 185 Å². The van der Waals surface area contributed by atoms with Crippen molar-refractivity contribution in [3.8, 4) is 0 Å². The molecule has 0 bridgehead atoms. The van der Waals surface area contributed by atoms with E-state index in [-0.39, 0.29) is 21.9 Å². The average Bonchev–Trinajstić information content (AvgIpc) is 2.78. The van der Waals surface area contributed by atoms with Gasteiger partial charge in [-0.2, -0.15) is 0 Å². The van der Waals surface area contributed by atoms with E-state index in [2.05, 4.69) is 103 Å². The molecule has 0 unspecified atom stereocenters. The molecule has 2 rings (SSSR count). The van der Waals surface area contributed by atoms with Gasteiger partial charge in [-0.25, -0.2) is 0 Å². The van der Waals surface area contributed by atoms with Gasteiger partial charge in [-0.15, -0.1) is 0 Å². The normalized spacial score (nSPS) is 14.6. The van der Waals surface area contributed by atoms with E-state index >= 15 is 0 Å². The number of hydrogen-bond donors (Lipinski definition) is 0. The fourth-order valence-electron chi connectivity index (χ4n) is 5.10. The first kappa shape index (κ1) is 24.2. The number of halogens is 2. The topological polar surface area (TPSA) is 9.86 Å². The predicted molar refractivity (Wildman–Crippen MR) is 122 cm³/mol. The molecule has 0 aliphatic rings. The van der Waals surface area contributed by atoms with Crippen molar-refractivity contribution in [1.82, 2.24) is 9.13 Å². The van der Waals surface area contributed by atoms with Crippen molar-refractivity contribution in [3.63, 3.8) is 0 Å². The summed E-state index contributed by atoms with van der Waals surface area (Å²) < 4.78 is 5.98. The molecule has 1 heterocycles.